The second-order valence-corrected chi connectivity index (χ2v) is 5.32. The Morgan fingerprint density at radius 2 is 2.28 bits per heavy atom. The summed E-state index contributed by atoms with van der Waals surface area (Å²) in [5, 5.41) is 0. The normalized spacial score (nSPS) is 25.5. The van der Waals surface area contributed by atoms with Gasteiger partial charge in [0.1, 0.15) is 5.82 Å². The van der Waals surface area contributed by atoms with Gasteiger partial charge in [0.15, 0.2) is 0 Å². The molecule has 1 saturated heterocycles. The first-order chi connectivity index (χ1) is 8.76. The van der Waals surface area contributed by atoms with Gasteiger partial charge in [0.25, 0.3) is 0 Å². The van der Waals surface area contributed by atoms with E-state index in [1.807, 2.05) is 6.20 Å². The molecule has 0 saturated carbocycles. The molecule has 1 aromatic rings. The van der Waals surface area contributed by atoms with Crippen molar-refractivity contribution < 1.29 is 0 Å². The number of aromatic nitrogens is 2. The van der Waals surface area contributed by atoms with Gasteiger partial charge < -0.3 is 10.3 Å². The molecular formula is C14H26N4. The highest BCUT2D eigenvalue weighted by Gasteiger charge is 2.28. The first-order valence-electron chi connectivity index (χ1n) is 7.18. The molecule has 0 amide bonds. The second-order valence-electron chi connectivity index (χ2n) is 5.32. The van der Waals surface area contributed by atoms with Crippen molar-refractivity contribution in [3.05, 3.63) is 18.2 Å². The fraction of sp³-hybridized carbons (Fsp3) is 0.786. The van der Waals surface area contributed by atoms with Gasteiger partial charge in [-0.2, -0.15) is 0 Å². The summed E-state index contributed by atoms with van der Waals surface area (Å²) in [6.45, 7) is 8.46. The molecule has 1 aromatic heterocycles. The lowest BCUT2D eigenvalue weighted by Gasteiger charge is -2.40. The first-order valence-corrected chi connectivity index (χ1v) is 7.18. The van der Waals surface area contributed by atoms with Crippen LogP contribution in [-0.4, -0.2) is 40.1 Å². The van der Waals surface area contributed by atoms with E-state index in [9.17, 15) is 0 Å². The average Bonchev–Trinajstić information content (AvgIpc) is 2.81. The lowest BCUT2D eigenvalue weighted by molar-refractivity contribution is 0.0915. The molecule has 2 rings (SSSR count). The molecule has 2 unspecified atom stereocenters. The minimum Gasteiger partial charge on any atom is -0.334 e. The molecule has 4 heteroatoms. The molecule has 4 nitrogen and oxygen atoms in total. The topological polar surface area (TPSA) is 47.1 Å². The number of piperidine rings is 1. The largest absolute Gasteiger partial charge is 0.334 e. The maximum Gasteiger partial charge on any atom is 0.105 e. The van der Waals surface area contributed by atoms with Gasteiger partial charge in [0.2, 0.25) is 0 Å². The third kappa shape index (κ3) is 2.93. The van der Waals surface area contributed by atoms with Crippen LogP contribution in [0, 0.1) is 12.8 Å². The zero-order chi connectivity index (χ0) is 13.0. The van der Waals surface area contributed by atoms with E-state index in [0.29, 0.717) is 6.04 Å². The first kappa shape index (κ1) is 13.6. The Morgan fingerprint density at radius 1 is 1.44 bits per heavy atom. The number of likely N-dealkylation sites (tertiary alicyclic amines) is 1. The number of imidazole rings is 1. The van der Waals surface area contributed by atoms with Gasteiger partial charge in [-0.05, 0) is 32.2 Å². The number of aryl methyl sites for hydroxylation is 1. The summed E-state index contributed by atoms with van der Waals surface area (Å²) >= 11 is 0. The van der Waals surface area contributed by atoms with Gasteiger partial charge in [-0.25, -0.2) is 4.98 Å². The number of nitrogens with two attached hydrogens (primary N) is 1. The molecule has 0 aromatic carbocycles. The molecule has 2 N–H and O–H groups in total. The van der Waals surface area contributed by atoms with Gasteiger partial charge >= 0.3 is 0 Å². The predicted molar refractivity (Wildman–Crippen MR) is 74.4 cm³/mol. The fourth-order valence-electron chi connectivity index (χ4n) is 3.18. The van der Waals surface area contributed by atoms with Gasteiger partial charge in [-0.15, -0.1) is 0 Å². The zero-order valence-corrected chi connectivity index (χ0v) is 11.7. The van der Waals surface area contributed by atoms with Crippen LogP contribution < -0.4 is 5.73 Å². The van der Waals surface area contributed by atoms with E-state index in [1.165, 1.54) is 25.8 Å². The van der Waals surface area contributed by atoms with Crippen molar-refractivity contribution >= 4 is 0 Å². The van der Waals surface area contributed by atoms with E-state index < -0.39 is 0 Å². The second kappa shape index (κ2) is 6.34. The molecule has 0 radical (unpaired) electrons. The summed E-state index contributed by atoms with van der Waals surface area (Å²) in [5.74, 6) is 1.89. The van der Waals surface area contributed by atoms with E-state index in [2.05, 4.69) is 34.5 Å². The highest BCUT2D eigenvalue weighted by atomic mass is 15.2. The van der Waals surface area contributed by atoms with Crippen LogP contribution in [-0.2, 0) is 6.54 Å². The highest BCUT2D eigenvalue weighted by Crippen LogP contribution is 2.25. The van der Waals surface area contributed by atoms with Crippen LogP contribution in [0.15, 0.2) is 12.4 Å². The Balaban J connectivity index is 1.93. The molecule has 102 valence electrons. The maximum atomic E-state index is 5.98. The van der Waals surface area contributed by atoms with E-state index in [1.54, 1.807) is 0 Å². The molecule has 18 heavy (non-hydrogen) atoms. The summed E-state index contributed by atoms with van der Waals surface area (Å²) in [7, 11) is 0. The lowest BCUT2D eigenvalue weighted by atomic mass is 9.87. The molecule has 0 aliphatic carbocycles. The summed E-state index contributed by atoms with van der Waals surface area (Å²) in [6.07, 6.45) is 7.86. The van der Waals surface area contributed by atoms with Gasteiger partial charge in [-0.1, -0.05) is 13.3 Å². The fourth-order valence-corrected chi connectivity index (χ4v) is 3.18. The van der Waals surface area contributed by atoms with Crippen LogP contribution in [0.3, 0.4) is 0 Å². The Morgan fingerprint density at radius 3 is 2.89 bits per heavy atom. The van der Waals surface area contributed by atoms with Crippen molar-refractivity contribution in [3.63, 3.8) is 0 Å². The lowest BCUT2D eigenvalue weighted by Crippen LogP contribution is -2.50. The SMILES string of the molecule is CCC1CCCN(CCn2ccnc2C)C1CN. The van der Waals surface area contributed by atoms with Crippen molar-refractivity contribution in [1.29, 1.82) is 0 Å². The van der Waals surface area contributed by atoms with Gasteiger partial charge in [-0.3, -0.25) is 4.90 Å². The van der Waals surface area contributed by atoms with E-state index >= 15 is 0 Å². The average molecular weight is 250 g/mol. The third-order valence-electron chi connectivity index (χ3n) is 4.35. The molecule has 0 bridgehead atoms. The van der Waals surface area contributed by atoms with Crippen LogP contribution in [0.5, 0.6) is 0 Å². The smallest absolute Gasteiger partial charge is 0.105 e. The quantitative estimate of drug-likeness (QED) is 0.864. The summed E-state index contributed by atoms with van der Waals surface area (Å²) < 4.78 is 2.23. The van der Waals surface area contributed by atoms with Crippen LogP contribution >= 0.6 is 0 Å². The maximum absolute atomic E-state index is 5.98. The van der Waals surface area contributed by atoms with Crippen LogP contribution in [0.2, 0.25) is 0 Å². The Labute approximate surface area is 110 Å². The van der Waals surface area contributed by atoms with Crippen molar-refractivity contribution in [2.24, 2.45) is 11.7 Å². The standard InChI is InChI=1S/C14H26N4/c1-3-13-5-4-7-18(14(13)11-15)10-9-17-8-6-16-12(17)2/h6,8,13-14H,3-5,7,9-11,15H2,1-2H3. The van der Waals surface area contributed by atoms with Crippen molar-refractivity contribution in [3.8, 4) is 0 Å². The van der Waals surface area contributed by atoms with Crippen molar-refractivity contribution in [1.82, 2.24) is 14.5 Å². The molecule has 0 spiro atoms. The summed E-state index contributed by atoms with van der Waals surface area (Å²) in [4.78, 5) is 6.85. The van der Waals surface area contributed by atoms with E-state index in [-0.39, 0.29) is 0 Å². The Kier molecular flexibility index (Phi) is 4.78. The minimum absolute atomic E-state index is 0.576. The zero-order valence-electron chi connectivity index (χ0n) is 11.7. The Hall–Kier alpha value is -0.870. The molecule has 2 atom stereocenters. The molecule has 1 aliphatic rings. The van der Waals surface area contributed by atoms with Crippen LogP contribution in [0.25, 0.3) is 0 Å². The van der Waals surface area contributed by atoms with E-state index in [4.69, 9.17) is 5.73 Å². The molecular weight excluding hydrogens is 224 g/mol. The number of hydrogen-bond acceptors (Lipinski definition) is 3. The highest BCUT2D eigenvalue weighted by molar-refractivity contribution is 4.90. The number of rotatable bonds is 5. The third-order valence-corrected chi connectivity index (χ3v) is 4.35. The van der Waals surface area contributed by atoms with Crippen molar-refractivity contribution in [2.45, 2.75) is 45.7 Å². The number of hydrogen-bond donors (Lipinski definition) is 1. The minimum atomic E-state index is 0.576. The molecule has 1 fully saturated rings. The van der Waals surface area contributed by atoms with Gasteiger partial charge in [0, 0.05) is 38.1 Å². The van der Waals surface area contributed by atoms with E-state index in [0.717, 1.165) is 31.4 Å². The van der Waals surface area contributed by atoms with Crippen LogP contribution in [0.1, 0.15) is 32.0 Å². The molecule has 2 heterocycles. The summed E-state index contributed by atoms with van der Waals surface area (Å²) in [6, 6.07) is 0.576. The Bertz CT molecular complexity index is 360. The van der Waals surface area contributed by atoms with Crippen molar-refractivity contribution in [2.75, 3.05) is 19.6 Å². The van der Waals surface area contributed by atoms with Crippen LogP contribution in [0.4, 0.5) is 0 Å². The summed E-state index contributed by atoms with van der Waals surface area (Å²) in [5.41, 5.74) is 5.98. The monoisotopic (exact) mass is 250 g/mol. The van der Waals surface area contributed by atoms with Gasteiger partial charge in [0.05, 0.1) is 0 Å². The number of nitrogens with zero attached hydrogens (tertiary/aromatic N) is 3. The molecule has 1 aliphatic heterocycles. The predicted octanol–water partition coefficient (Wildman–Crippen LogP) is 1.64.